The van der Waals surface area contributed by atoms with E-state index in [4.69, 9.17) is 0 Å². The summed E-state index contributed by atoms with van der Waals surface area (Å²) < 4.78 is 0. The lowest BCUT2D eigenvalue weighted by Crippen LogP contribution is -2.24. The molecule has 0 unspecified atom stereocenters. The lowest BCUT2D eigenvalue weighted by molar-refractivity contribution is 0.0945. The topological polar surface area (TPSA) is 79.8 Å². The van der Waals surface area contributed by atoms with E-state index in [9.17, 15) is 4.79 Å². The molecule has 25 heavy (non-hydrogen) atoms. The number of nitrogens with zero attached hydrogens (tertiary/aromatic N) is 3. The molecule has 0 fully saturated rings. The van der Waals surface area contributed by atoms with Gasteiger partial charge in [0.1, 0.15) is 5.69 Å². The van der Waals surface area contributed by atoms with Crippen molar-refractivity contribution in [3.05, 3.63) is 83.4 Å². The lowest BCUT2D eigenvalue weighted by atomic mass is 10.1. The van der Waals surface area contributed by atoms with E-state index in [1.54, 1.807) is 18.5 Å². The third-order valence-corrected chi connectivity index (χ3v) is 3.62. The number of nitrogens with one attached hydrogen (secondary N) is 2. The van der Waals surface area contributed by atoms with E-state index in [-0.39, 0.29) is 5.91 Å². The molecule has 0 aliphatic carbocycles. The van der Waals surface area contributed by atoms with E-state index < -0.39 is 0 Å². The van der Waals surface area contributed by atoms with Crippen LogP contribution in [0, 0.1) is 6.92 Å². The van der Waals surface area contributed by atoms with Crippen LogP contribution in [0.1, 0.15) is 27.3 Å². The van der Waals surface area contributed by atoms with Gasteiger partial charge < -0.3 is 10.6 Å². The van der Waals surface area contributed by atoms with Crippen LogP contribution in [0.15, 0.2) is 60.9 Å². The van der Waals surface area contributed by atoms with Gasteiger partial charge >= 0.3 is 0 Å². The van der Waals surface area contributed by atoms with Crippen molar-refractivity contribution in [1.29, 1.82) is 0 Å². The van der Waals surface area contributed by atoms with Crippen LogP contribution in [0.3, 0.4) is 0 Å². The summed E-state index contributed by atoms with van der Waals surface area (Å²) in [5.41, 5.74) is 3.45. The molecule has 0 saturated carbocycles. The molecular weight excluding hydrogens is 314 g/mol. The fourth-order valence-electron chi connectivity index (χ4n) is 2.22. The number of carbonyl (C=O) groups excluding carboxylic acids is 1. The van der Waals surface area contributed by atoms with Gasteiger partial charge in [0.2, 0.25) is 5.95 Å². The van der Waals surface area contributed by atoms with Gasteiger partial charge in [-0.15, -0.1) is 0 Å². The van der Waals surface area contributed by atoms with Gasteiger partial charge in [0.15, 0.2) is 0 Å². The normalized spacial score (nSPS) is 10.3. The van der Waals surface area contributed by atoms with Crippen molar-refractivity contribution in [3.8, 4) is 0 Å². The van der Waals surface area contributed by atoms with E-state index in [0.717, 1.165) is 11.3 Å². The van der Waals surface area contributed by atoms with Crippen molar-refractivity contribution in [3.63, 3.8) is 0 Å². The molecule has 126 valence electrons. The summed E-state index contributed by atoms with van der Waals surface area (Å²) in [6, 6.07) is 15.4. The maximum Gasteiger partial charge on any atom is 0.270 e. The summed E-state index contributed by atoms with van der Waals surface area (Å²) in [7, 11) is 0. The highest BCUT2D eigenvalue weighted by molar-refractivity contribution is 5.92. The molecule has 2 heterocycles. The minimum atomic E-state index is -0.258. The smallest absolute Gasteiger partial charge is 0.270 e. The van der Waals surface area contributed by atoms with Gasteiger partial charge in [-0.2, -0.15) is 0 Å². The highest BCUT2D eigenvalue weighted by atomic mass is 16.1. The second-order valence-corrected chi connectivity index (χ2v) is 5.61. The van der Waals surface area contributed by atoms with Gasteiger partial charge in [0.25, 0.3) is 5.91 Å². The Hall–Kier alpha value is -3.28. The summed E-state index contributed by atoms with van der Waals surface area (Å²) >= 11 is 0. The molecule has 0 spiro atoms. The first-order valence-electron chi connectivity index (χ1n) is 8.01. The SMILES string of the molecule is Cc1ccc(CNc2nccc(C(=O)NCc3ccccn3)n2)cc1. The molecular formula is C19H19N5O. The zero-order chi connectivity index (χ0) is 17.5. The van der Waals surface area contributed by atoms with Gasteiger partial charge in [0, 0.05) is 18.9 Å². The summed E-state index contributed by atoms with van der Waals surface area (Å²) in [5.74, 6) is 0.164. The van der Waals surface area contributed by atoms with Crippen molar-refractivity contribution in [1.82, 2.24) is 20.3 Å². The van der Waals surface area contributed by atoms with Crippen molar-refractivity contribution >= 4 is 11.9 Å². The first kappa shape index (κ1) is 16.6. The Morgan fingerprint density at radius 1 is 0.960 bits per heavy atom. The van der Waals surface area contributed by atoms with Gasteiger partial charge in [-0.25, -0.2) is 9.97 Å². The van der Waals surface area contributed by atoms with Gasteiger partial charge in [-0.1, -0.05) is 35.9 Å². The van der Waals surface area contributed by atoms with Crippen LogP contribution in [0.25, 0.3) is 0 Å². The fourth-order valence-corrected chi connectivity index (χ4v) is 2.22. The fraction of sp³-hybridized carbons (Fsp3) is 0.158. The van der Waals surface area contributed by atoms with Gasteiger partial charge in [-0.05, 0) is 30.7 Å². The number of pyridine rings is 1. The van der Waals surface area contributed by atoms with Crippen molar-refractivity contribution < 1.29 is 4.79 Å². The van der Waals surface area contributed by atoms with Crippen LogP contribution in [-0.2, 0) is 13.1 Å². The molecule has 0 radical (unpaired) electrons. The molecule has 0 atom stereocenters. The predicted octanol–water partition coefficient (Wildman–Crippen LogP) is 2.72. The lowest BCUT2D eigenvalue weighted by Gasteiger charge is -2.07. The van der Waals surface area contributed by atoms with Crippen LogP contribution in [0.4, 0.5) is 5.95 Å². The number of amides is 1. The molecule has 3 aromatic rings. The number of hydrogen-bond acceptors (Lipinski definition) is 5. The summed E-state index contributed by atoms with van der Waals surface area (Å²) in [6.07, 6.45) is 3.26. The number of carbonyl (C=O) groups is 1. The molecule has 3 rings (SSSR count). The average molecular weight is 333 g/mol. The zero-order valence-electron chi connectivity index (χ0n) is 13.9. The number of hydrogen-bond donors (Lipinski definition) is 2. The maximum atomic E-state index is 12.2. The van der Waals surface area contributed by atoms with E-state index in [1.165, 1.54) is 5.56 Å². The standard InChI is InChI=1S/C19H19N5O/c1-14-5-7-15(8-6-14)12-23-19-21-11-9-17(24-19)18(25)22-13-16-4-2-3-10-20-16/h2-11H,12-13H2,1H3,(H,22,25)(H,21,23,24). The molecule has 1 aromatic carbocycles. The Morgan fingerprint density at radius 2 is 1.80 bits per heavy atom. The Bertz CT molecular complexity index is 834. The molecule has 1 amide bonds. The predicted molar refractivity (Wildman–Crippen MR) is 95.9 cm³/mol. The molecule has 0 aliphatic heterocycles. The number of anilines is 1. The summed E-state index contributed by atoms with van der Waals surface area (Å²) in [5, 5.41) is 5.94. The van der Waals surface area contributed by atoms with Crippen LogP contribution in [0.5, 0.6) is 0 Å². The second kappa shape index (κ2) is 8.01. The molecule has 6 nitrogen and oxygen atoms in total. The molecule has 2 N–H and O–H groups in total. The van der Waals surface area contributed by atoms with E-state index in [1.807, 2.05) is 37.3 Å². The second-order valence-electron chi connectivity index (χ2n) is 5.61. The number of aryl methyl sites for hydroxylation is 1. The van der Waals surface area contributed by atoms with E-state index >= 15 is 0 Å². The van der Waals surface area contributed by atoms with E-state index in [2.05, 4.69) is 37.7 Å². The third kappa shape index (κ3) is 4.84. The maximum absolute atomic E-state index is 12.2. The van der Waals surface area contributed by atoms with Crippen molar-refractivity contribution in [2.24, 2.45) is 0 Å². The van der Waals surface area contributed by atoms with Gasteiger partial charge in [-0.3, -0.25) is 9.78 Å². The first-order valence-corrected chi connectivity index (χ1v) is 8.01. The Balaban J connectivity index is 1.58. The molecule has 6 heteroatoms. The first-order chi connectivity index (χ1) is 12.2. The molecule has 0 saturated heterocycles. The van der Waals surface area contributed by atoms with Crippen LogP contribution in [-0.4, -0.2) is 20.9 Å². The Morgan fingerprint density at radius 3 is 2.56 bits per heavy atom. The Kier molecular flexibility index (Phi) is 5.31. The minimum Gasteiger partial charge on any atom is -0.350 e. The highest BCUT2D eigenvalue weighted by Gasteiger charge is 2.08. The molecule has 0 aliphatic rings. The summed E-state index contributed by atoms with van der Waals surface area (Å²) in [6.45, 7) is 3.00. The van der Waals surface area contributed by atoms with Crippen molar-refractivity contribution in [2.75, 3.05) is 5.32 Å². The number of benzene rings is 1. The Labute approximate surface area is 146 Å². The van der Waals surface area contributed by atoms with Crippen LogP contribution < -0.4 is 10.6 Å². The summed E-state index contributed by atoms with van der Waals surface area (Å²) in [4.78, 5) is 24.8. The monoisotopic (exact) mass is 333 g/mol. The van der Waals surface area contributed by atoms with Crippen LogP contribution in [0.2, 0.25) is 0 Å². The third-order valence-electron chi connectivity index (χ3n) is 3.62. The minimum absolute atomic E-state index is 0.258. The highest BCUT2D eigenvalue weighted by Crippen LogP contribution is 2.07. The zero-order valence-corrected chi connectivity index (χ0v) is 13.9. The van der Waals surface area contributed by atoms with E-state index in [0.29, 0.717) is 24.7 Å². The van der Waals surface area contributed by atoms with Crippen molar-refractivity contribution in [2.45, 2.75) is 20.0 Å². The van der Waals surface area contributed by atoms with Gasteiger partial charge in [0.05, 0.1) is 12.2 Å². The number of aromatic nitrogens is 3. The molecule has 0 bridgehead atoms. The molecule has 2 aromatic heterocycles. The number of rotatable bonds is 6. The van der Waals surface area contributed by atoms with Crippen LogP contribution >= 0.6 is 0 Å². The quantitative estimate of drug-likeness (QED) is 0.725. The average Bonchev–Trinajstić information content (AvgIpc) is 2.67. The largest absolute Gasteiger partial charge is 0.350 e.